The van der Waals surface area contributed by atoms with Crippen molar-refractivity contribution in [2.75, 3.05) is 5.32 Å². The van der Waals surface area contributed by atoms with Crippen LogP contribution >= 0.6 is 0 Å². The smallest absolute Gasteiger partial charge is 0.297 e. The molecule has 3 heterocycles. The van der Waals surface area contributed by atoms with Crippen molar-refractivity contribution in [2.24, 2.45) is 0 Å². The molecule has 0 aliphatic heterocycles. The molecule has 8 nitrogen and oxygen atoms in total. The van der Waals surface area contributed by atoms with E-state index >= 15 is 0 Å². The Balaban J connectivity index is 1.82. The molecule has 0 aliphatic carbocycles. The molecule has 25 heavy (non-hydrogen) atoms. The first-order valence-electron chi connectivity index (χ1n) is 7.69. The summed E-state index contributed by atoms with van der Waals surface area (Å²) in [7, 11) is 0. The van der Waals surface area contributed by atoms with Gasteiger partial charge < -0.3 is 5.32 Å². The number of carbonyl (C=O) groups is 1. The van der Waals surface area contributed by atoms with E-state index in [0.717, 1.165) is 0 Å². The van der Waals surface area contributed by atoms with Gasteiger partial charge in [0, 0.05) is 11.9 Å². The van der Waals surface area contributed by atoms with Gasteiger partial charge in [0.25, 0.3) is 5.56 Å². The number of nitrogens with zero attached hydrogens (tertiary/aromatic N) is 5. The first-order valence-corrected chi connectivity index (χ1v) is 7.69. The number of hydrogen-bond donors (Lipinski definition) is 1. The largest absolute Gasteiger partial charge is 0.325 e. The number of hydrogen-bond acceptors (Lipinski definition) is 5. The minimum absolute atomic E-state index is 0.141. The van der Waals surface area contributed by atoms with Crippen LogP contribution in [0.25, 0.3) is 16.8 Å². The van der Waals surface area contributed by atoms with E-state index in [4.69, 9.17) is 0 Å². The lowest BCUT2D eigenvalue weighted by Gasteiger charge is -2.11. The van der Waals surface area contributed by atoms with Crippen LogP contribution in [0.5, 0.6) is 0 Å². The van der Waals surface area contributed by atoms with E-state index in [0.29, 0.717) is 22.7 Å². The summed E-state index contributed by atoms with van der Waals surface area (Å²) in [6.07, 6.45) is 1.63. The zero-order valence-electron chi connectivity index (χ0n) is 13.4. The quantitative estimate of drug-likeness (QED) is 0.611. The molecule has 0 radical (unpaired) electrons. The molecule has 0 saturated heterocycles. The summed E-state index contributed by atoms with van der Waals surface area (Å²) in [4.78, 5) is 29.5. The normalized spacial score (nSPS) is 11.1. The summed E-state index contributed by atoms with van der Waals surface area (Å²) >= 11 is 0. The Morgan fingerprint density at radius 1 is 1.08 bits per heavy atom. The number of nitrogens with one attached hydrogen (secondary N) is 1. The van der Waals surface area contributed by atoms with Crippen molar-refractivity contribution in [1.29, 1.82) is 0 Å². The summed E-state index contributed by atoms with van der Waals surface area (Å²) in [5, 5.41) is 10.7. The molecular weight excluding hydrogens is 320 g/mol. The van der Waals surface area contributed by atoms with Gasteiger partial charge in [-0.25, -0.2) is 4.98 Å². The summed E-state index contributed by atoms with van der Waals surface area (Å²) < 4.78 is 2.97. The molecule has 0 bridgehead atoms. The Labute approximate surface area is 141 Å². The highest BCUT2D eigenvalue weighted by Gasteiger charge is 2.17. The van der Waals surface area contributed by atoms with E-state index in [1.54, 1.807) is 41.8 Å². The maximum atomic E-state index is 12.8. The van der Waals surface area contributed by atoms with E-state index in [9.17, 15) is 9.59 Å². The molecule has 0 saturated carbocycles. The minimum Gasteiger partial charge on any atom is -0.325 e. The van der Waals surface area contributed by atoms with Crippen molar-refractivity contribution in [3.63, 3.8) is 0 Å². The molecule has 4 rings (SSSR count). The summed E-state index contributed by atoms with van der Waals surface area (Å²) in [5.74, 6) is 0.260. The lowest BCUT2D eigenvalue weighted by Crippen LogP contribution is -2.29. The van der Waals surface area contributed by atoms with Crippen LogP contribution in [0.2, 0.25) is 0 Å². The lowest BCUT2D eigenvalue weighted by molar-refractivity contribution is -0.116. The van der Waals surface area contributed by atoms with E-state index in [1.807, 2.05) is 18.2 Å². The van der Waals surface area contributed by atoms with E-state index in [1.165, 1.54) is 4.57 Å². The molecule has 4 aromatic rings. The number of amides is 1. The van der Waals surface area contributed by atoms with Crippen molar-refractivity contribution in [2.45, 2.75) is 13.5 Å². The maximum absolute atomic E-state index is 12.8. The number of para-hydroxylation sites is 1. The predicted molar refractivity (Wildman–Crippen MR) is 92.4 cm³/mol. The van der Waals surface area contributed by atoms with Crippen LogP contribution in [0.3, 0.4) is 0 Å². The van der Waals surface area contributed by atoms with Gasteiger partial charge in [0.05, 0.1) is 5.52 Å². The van der Waals surface area contributed by atoms with Crippen LogP contribution in [0.1, 0.15) is 5.82 Å². The van der Waals surface area contributed by atoms with Gasteiger partial charge in [-0.3, -0.25) is 18.6 Å². The maximum Gasteiger partial charge on any atom is 0.297 e. The number of rotatable bonds is 3. The third kappa shape index (κ3) is 2.53. The van der Waals surface area contributed by atoms with Crippen LogP contribution in [0.15, 0.2) is 53.5 Å². The Morgan fingerprint density at radius 3 is 2.68 bits per heavy atom. The second-order valence-electron chi connectivity index (χ2n) is 5.56. The molecule has 3 aromatic heterocycles. The number of anilines is 1. The average Bonchev–Trinajstić information content (AvgIpc) is 3.01. The molecule has 0 spiro atoms. The Bertz CT molecular complexity index is 1150. The molecule has 0 unspecified atom stereocenters. The molecule has 0 fully saturated rings. The van der Waals surface area contributed by atoms with Gasteiger partial charge >= 0.3 is 0 Å². The van der Waals surface area contributed by atoms with Crippen LogP contribution in [0.4, 0.5) is 5.69 Å². The van der Waals surface area contributed by atoms with Gasteiger partial charge in [-0.05, 0) is 31.2 Å². The number of benzene rings is 1. The number of pyridine rings is 1. The van der Waals surface area contributed by atoms with Gasteiger partial charge in [-0.15, -0.1) is 10.2 Å². The zero-order valence-corrected chi connectivity index (χ0v) is 13.4. The molecule has 124 valence electrons. The fourth-order valence-electron chi connectivity index (χ4n) is 2.78. The van der Waals surface area contributed by atoms with Crippen LogP contribution in [-0.4, -0.2) is 30.1 Å². The zero-order chi connectivity index (χ0) is 17.4. The standard InChI is InChI=1S/C17H14N6O2/c1-11-20-21-16-17(25)22(13-8-5-9-18-15(13)23(11)16)10-14(24)19-12-6-3-2-4-7-12/h2-9H,10H2,1H3,(H,19,24). The monoisotopic (exact) mass is 334 g/mol. The first-order chi connectivity index (χ1) is 12.1. The number of carbonyl (C=O) groups excluding carboxylic acids is 1. The Morgan fingerprint density at radius 2 is 1.88 bits per heavy atom. The molecule has 0 aliphatic rings. The van der Waals surface area contributed by atoms with Gasteiger partial charge in [0.15, 0.2) is 5.65 Å². The number of aromatic nitrogens is 5. The van der Waals surface area contributed by atoms with Crippen molar-refractivity contribution in [3.8, 4) is 0 Å². The molecular formula is C17H14N6O2. The molecule has 1 amide bonds. The fraction of sp³-hybridized carbons (Fsp3) is 0.118. The fourth-order valence-corrected chi connectivity index (χ4v) is 2.78. The summed E-state index contributed by atoms with van der Waals surface area (Å²) in [6, 6.07) is 12.5. The van der Waals surface area contributed by atoms with E-state index in [-0.39, 0.29) is 23.7 Å². The lowest BCUT2D eigenvalue weighted by atomic mass is 10.3. The highest BCUT2D eigenvalue weighted by atomic mass is 16.2. The highest BCUT2D eigenvalue weighted by molar-refractivity contribution is 5.91. The van der Waals surface area contributed by atoms with Crippen LogP contribution < -0.4 is 10.9 Å². The van der Waals surface area contributed by atoms with Gasteiger partial charge in [0.2, 0.25) is 11.6 Å². The summed E-state index contributed by atoms with van der Waals surface area (Å²) in [5.41, 5.74) is 1.51. The molecule has 0 atom stereocenters. The Kier molecular flexibility index (Phi) is 3.50. The summed E-state index contributed by atoms with van der Waals surface area (Å²) in [6.45, 7) is 1.61. The van der Waals surface area contributed by atoms with Gasteiger partial charge in [0.1, 0.15) is 12.4 Å². The van der Waals surface area contributed by atoms with Gasteiger partial charge in [-0.2, -0.15) is 0 Å². The van der Waals surface area contributed by atoms with Crippen molar-refractivity contribution in [3.05, 3.63) is 64.8 Å². The third-order valence-electron chi connectivity index (χ3n) is 3.89. The van der Waals surface area contributed by atoms with Crippen LogP contribution in [0, 0.1) is 6.92 Å². The Hall–Kier alpha value is -3.55. The highest BCUT2D eigenvalue weighted by Crippen LogP contribution is 2.13. The minimum atomic E-state index is -0.385. The van der Waals surface area contributed by atoms with Gasteiger partial charge in [-0.1, -0.05) is 18.2 Å². The van der Waals surface area contributed by atoms with E-state index in [2.05, 4.69) is 20.5 Å². The van der Waals surface area contributed by atoms with Crippen LogP contribution in [-0.2, 0) is 11.3 Å². The SMILES string of the molecule is Cc1nnc2c(=O)n(CC(=O)Nc3ccccc3)c3cccnc3n12. The predicted octanol–water partition coefficient (Wildman–Crippen LogP) is 1.39. The first kappa shape index (κ1) is 15.0. The van der Waals surface area contributed by atoms with Crippen molar-refractivity contribution in [1.82, 2.24) is 24.1 Å². The van der Waals surface area contributed by atoms with Crippen molar-refractivity contribution >= 4 is 28.4 Å². The molecule has 1 N–H and O–H groups in total. The average molecular weight is 334 g/mol. The van der Waals surface area contributed by atoms with E-state index < -0.39 is 0 Å². The number of aryl methyl sites for hydroxylation is 1. The second-order valence-corrected chi connectivity index (χ2v) is 5.56. The molecule has 1 aromatic carbocycles. The molecule has 8 heteroatoms. The second kappa shape index (κ2) is 5.82. The number of fused-ring (bicyclic) bond motifs is 3. The van der Waals surface area contributed by atoms with Crippen molar-refractivity contribution < 1.29 is 4.79 Å². The topological polar surface area (TPSA) is 94.2 Å². The third-order valence-corrected chi connectivity index (χ3v) is 3.89.